The first-order valence-corrected chi connectivity index (χ1v) is 9.98. The summed E-state index contributed by atoms with van der Waals surface area (Å²) in [6, 6.07) is 10.5. The number of aromatic nitrogens is 4. The number of nitrogens with one attached hydrogen (secondary N) is 2. The van der Waals surface area contributed by atoms with Crippen LogP contribution < -0.4 is 0 Å². The molecule has 0 amide bonds. The number of rotatable bonds is 6. The fraction of sp³-hybridized carbons (Fsp3) is 0.200. The number of H-pyrrole nitrogens is 2. The van der Waals surface area contributed by atoms with Gasteiger partial charge in [-0.3, -0.25) is 0 Å². The summed E-state index contributed by atoms with van der Waals surface area (Å²) < 4.78 is 0. The molecule has 0 aliphatic heterocycles. The van der Waals surface area contributed by atoms with Crippen LogP contribution in [-0.4, -0.2) is 25.0 Å². The van der Waals surface area contributed by atoms with Crippen LogP contribution in [0.2, 0.25) is 0 Å². The van der Waals surface area contributed by atoms with Crippen LogP contribution in [-0.2, 0) is 6.42 Å². The lowest BCUT2D eigenvalue weighted by atomic mass is 9.88. The standard InChI is InChI=1S/C25H26N4O/c1-15-6-5-7-20(25(30)24-12-27-14-29-24)21(15)9-19-8-16(2)17(3)22(10-19)18(4)23-11-26-13-28-23/h5-8,10-14,25,30H,4,9H2,1-3H3,(H,26,28)(H,27,29). The van der Waals surface area contributed by atoms with Crippen molar-refractivity contribution in [1.29, 1.82) is 0 Å². The van der Waals surface area contributed by atoms with Crippen LogP contribution in [0.15, 0.2) is 62.0 Å². The van der Waals surface area contributed by atoms with E-state index in [2.05, 4.69) is 65.5 Å². The van der Waals surface area contributed by atoms with Crippen molar-refractivity contribution in [2.45, 2.75) is 33.3 Å². The van der Waals surface area contributed by atoms with Gasteiger partial charge in [0.25, 0.3) is 0 Å². The Kier molecular flexibility index (Phi) is 5.38. The van der Waals surface area contributed by atoms with Crippen molar-refractivity contribution in [2.24, 2.45) is 0 Å². The summed E-state index contributed by atoms with van der Waals surface area (Å²) in [6.07, 6.45) is 6.70. The Hall–Kier alpha value is -3.44. The molecule has 4 rings (SSSR count). The molecule has 5 heteroatoms. The number of aliphatic hydroxyl groups excluding tert-OH is 1. The van der Waals surface area contributed by atoms with E-state index < -0.39 is 6.10 Å². The number of aromatic amines is 2. The summed E-state index contributed by atoms with van der Waals surface area (Å²) in [7, 11) is 0. The van der Waals surface area contributed by atoms with Gasteiger partial charge in [0.1, 0.15) is 6.10 Å². The van der Waals surface area contributed by atoms with E-state index in [-0.39, 0.29) is 0 Å². The van der Waals surface area contributed by atoms with Crippen molar-refractivity contribution >= 4 is 5.57 Å². The molecule has 152 valence electrons. The first-order valence-electron chi connectivity index (χ1n) is 9.98. The second-order valence-corrected chi connectivity index (χ2v) is 7.76. The van der Waals surface area contributed by atoms with Crippen LogP contribution in [0.25, 0.3) is 5.57 Å². The molecule has 0 aliphatic rings. The van der Waals surface area contributed by atoms with Crippen LogP contribution >= 0.6 is 0 Å². The molecule has 0 saturated heterocycles. The van der Waals surface area contributed by atoms with Crippen molar-refractivity contribution in [3.05, 3.63) is 112 Å². The lowest BCUT2D eigenvalue weighted by molar-refractivity contribution is 0.215. The lowest BCUT2D eigenvalue weighted by Crippen LogP contribution is -2.07. The van der Waals surface area contributed by atoms with Gasteiger partial charge < -0.3 is 15.1 Å². The predicted molar refractivity (Wildman–Crippen MR) is 119 cm³/mol. The molecule has 0 aliphatic carbocycles. The minimum atomic E-state index is -0.742. The van der Waals surface area contributed by atoms with E-state index in [1.807, 2.05) is 12.1 Å². The number of nitrogens with zero attached hydrogens (tertiary/aromatic N) is 2. The largest absolute Gasteiger partial charge is 0.382 e. The Morgan fingerprint density at radius 2 is 1.80 bits per heavy atom. The third-order valence-electron chi connectivity index (χ3n) is 5.81. The zero-order chi connectivity index (χ0) is 21.3. The van der Waals surface area contributed by atoms with Crippen LogP contribution in [0.1, 0.15) is 56.4 Å². The maximum absolute atomic E-state index is 10.9. The second kappa shape index (κ2) is 8.13. The highest BCUT2D eigenvalue weighted by Gasteiger charge is 2.18. The average Bonchev–Trinajstić information content (AvgIpc) is 3.45. The monoisotopic (exact) mass is 398 g/mol. The van der Waals surface area contributed by atoms with Crippen molar-refractivity contribution in [1.82, 2.24) is 19.9 Å². The second-order valence-electron chi connectivity index (χ2n) is 7.76. The normalized spacial score (nSPS) is 12.1. The van der Waals surface area contributed by atoms with E-state index in [9.17, 15) is 5.11 Å². The smallest absolute Gasteiger partial charge is 0.121 e. The summed E-state index contributed by atoms with van der Waals surface area (Å²) in [5.74, 6) is 0. The van der Waals surface area contributed by atoms with E-state index >= 15 is 0 Å². The van der Waals surface area contributed by atoms with Crippen molar-refractivity contribution in [2.75, 3.05) is 0 Å². The molecule has 2 aromatic carbocycles. The third-order valence-corrected chi connectivity index (χ3v) is 5.81. The number of hydrogen-bond acceptors (Lipinski definition) is 3. The molecule has 0 spiro atoms. The van der Waals surface area contributed by atoms with Gasteiger partial charge in [-0.1, -0.05) is 36.9 Å². The number of imidazole rings is 2. The van der Waals surface area contributed by atoms with Gasteiger partial charge in [-0.05, 0) is 71.7 Å². The first-order chi connectivity index (χ1) is 14.5. The van der Waals surface area contributed by atoms with Crippen LogP contribution in [0.3, 0.4) is 0 Å². The van der Waals surface area contributed by atoms with Gasteiger partial charge in [-0.2, -0.15) is 0 Å². The molecule has 0 radical (unpaired) electrons. The van der Waals surface area contributed by atoms with Crippen molar-refractivity contribution in [3.8, 4) is 0 Å². The lowest BCUT2D eigenvalue weighted by Gasteiger charge is -2.19. The number of hydrogen-bond donors (Lipinski definition) is 3. The molecular formula is C25H26N4O. The fourth-order valence-corrected chi connectivity index (χ4v) is 3.93. The fourth-order valence-electron chi connectivity index (χ4n) is 3.93. The van der Waals surface area contributed by atoms with Crippen LogP contribution in [0, 0.1) is 20.8 Å². The predicted octanol–water partition coefficient (Wildman–Crippen LogP) is 4.79. The van der Waals surface area contributed by atoms with Gasteiger partial charge in [-0.15, -0.1) is 0 Å². The molecule has 0 saturated carbocycles. The van der Waals surface area contributed by atoms with Gasteiger partial charge in [0, 0.05) is 0 Å². The summed E-state index contributed by atoms with van der Waals surface area (Å²) in [5.41, 5.74) is 10.4. The average molecular weight is 399 g/mol. The highest BCUT2D eigenvalue weighted by Crippen LogP contribution is 2.31. The maximum atomic E-state index is 10.9. The SMILES string of the molecule is C=C(c1cnc[nH]1)c1cc(Cc2c(C)cccc2C(O)c2cnc[nH]2)cc(C)c1C. The molecule has 1 atom stereocenters. The van der Waals surface area contributed by atoms with Crippen molar-refractivity contribution in [3.63, 3.8) is 0 Å². The van der Waals surface area contributed by atoms with Gasteiger partial charge in [0.2, 0.25) is 0 Å². The summed E-state index contributed by atoms with van der Waals surface area (Å²) in [6.45, 7) is 10.6. The third kappa shape index (κ3) is 3.72. The number of aliphatic hydroxyl groups is 1. The Morgan fingerprint density at radius 1 is 1.03 bits per heavy atom. The van der Waals surface area contributed by atoms with Crippen molar-refractivity contribution < 1.29 is 5.11 Å². The molecule has 5 nitrogen and oxygen atoms in total. The van der Waals surface area contributed by atoms with Crippen LogP contribution in [0.4, 0.5) is 0 Å². The van der Waals surface area contributed by atoms with Crippen LogP contribution in [0.5, 0.6) is 0 Å². The minimum Gasteiger partial charge on any atom is -0.382 e. The Balaban J connectivity index is 1.74. The van der Waals surface area contributed by atoms with E-state index in [1.165, 1.54) is 16.7 Å². The quantitative estimate of drug-likeness (QED) is 0.437. The topological polar surface area (TPSA) is 77.6 Å². The van der Waals surface area contributed by atoms with E-state index in [0.29, 0.717) is 5.69 Å². The molecular weight excluding hydrogens is 372 g/mol. The summed E-state index contributed by atoms with van der Waals surface area (Å²) in [4.78, 5) is 14.3. The van der Waals surface area contributed by atoms with E-state index in [0.717, 1.165) is 39.9 Å². The molecule has 4 aromatic rings. The number of aryl methyl sites for hydroxylation is 2. The maximum Gasteiger partial charge on any atom is 0.121 e. The molecule has 0 fully saturated rings. The molecule has 2 aromatic heterocycles. The summed E-state index contributed by atoms with van der Waals surface area (Å²) in [5, 5.41) is 10.9. The highest BCUT2D eigenvalue weighted by molar-refractivity contribution is 5.78. The Morgan fingerprint density at radius 3 is 2.50 bits per heavy atom. The van der Waals surface area contributed by atoms with Gasteiger partial charge in [0.15, 0.2) is 0 Å². The molecule has 30 heavy (non-hydrogen) atoms. The zero-order valence-corrected chi connectivity index (χ0v) is 17.5. The van der Waals surface area contributed by atoms with E-state index in [4.69, 9.17) is 0 Å². The van der Waals surface area contributed by atoms with E-state index in [1.54, 1.807) is 25.0 Å². The molecule has 2 heterocycles. The molecule has 0 bridgehead atoms. The Bertz CT molecular complexity index is 1170. The Labute approximate surface area is 176 Å². The summed E-state index contributed by atoms with van der Waals surface area (Å²) >= 11 is 0. The van der Waals surface area contributed by atoms with Gasteiger partial charge in [-0.25, -0.2) is 9.97 Å². The molecule has 1 unspecified atom stereocenters. The van der Waals surface area contributed by atoms with Gasteiger partial charge in [0.05, 0.1) is 36.4 Å². The number of benzene rings is 2. The highest BCUT2D eigenvalue weighted by atomic mass is 16.3. The first kappa shape index (κ1) is 19.9. The van der Waals surface area contributed by atoms with Gasteiger partial charge >= 0.3 is 0 Å². The zero-order valence-electron chi connectivity index (χ0n) is 17.5. The minimum absolute atomic E-state index is 0.690. The molecule has 3 N–H and O–H groups in total.